The number of aryl methyl sites for hydroxylation is 4. The van der Waals surface area contributed by atoms with E-state index < -0.39 is 8.80 Å². The van der Waals surface area contributed by atoms with E-state index in [-0.39, 0.29) is 0 Å². The lowest BCUT2D eigenvalue weighted by atomic mass is 10.0. The summed E-state index contributed by atoms with van der Waals surface area (Å²) in [7, 11) is -1.46. The molecule has 1 aliphatic carbocycles. The summed E-state index contributed by atoms with van der Waals surface area (Å²) in [6.07, 6.45) is 3.67. The average molecular weight is 361 g/mol. The first kappa shape index (κ1) is 18.9. The molecule has 0 aliphatic heterocycles. The Hall–Kier alpha value is -1.86. The monoisotopic (exact) mass is 360 g/mol. The molecule has 0 atom stereocenters. The maximum atomic E-state index is 2.54. The Morgan fingerprint density at radius 1 is 0.692 bits per heavy atom. The summed E-state index contributed by atoms with van der Waals surface area (Å²) in [6.45, 7) is 16.0. The predicted octanol–water partition coefficient (Wildman–Crippen LogP) is 5.10. The molecule has 0 fully saturated rings. The number of hydrogen-bond acceptors (Lipinski definition) is 0. The van der Waals surface area contributed by atoms with Crippen molar-refractivity contribution in [3.05, 3.63) is 81.1 Å². The van der Waals surface area contributed by atoms with Crippen molar-refractivity contribution in [2.45, 2.75) is 54.9 Å². The van der Waals surface area contributed by atoms with Crippen LogP contribution in [0.15, 0.2) is 58.8 Å². The summed E-state index contributed by atoms with van der Waals surface area (Å²) in [6, 6.07) is 14.3. The van der Waals surface area contributed by atoms with Crippen LogP contribution in [-0.4, -0.2) is 8.80 Å². The van der Waals surface area contributed by atoms with Crippen LogP contribution in [0.3, 0.4) is 0 Å². The first-order valence-corrected chi connectivity index (χ1v) is 11.6. The molecule has 0 heterocycles. The van der Waals surface area contributed by atoms with Crippen molar-refractivity contribution in [2.24, 2.45) is 5.92 Å². The third kappa shape index (κ3) is 3.78. The van der Waals surface area contributed by atoms with Gasteiger partial charge in [0.2, 0.25) is 0 Å². The van der Waals surface area contributed by atoms with Crippen molar-refractivity contribution in [3.8, 4) is 0 Å². The van der Waals surface area contributed by atoms with Gasteiger partial charge in [0.05, 0.1) is 0 Å². The van der Waals surface area contributed by atoms with Crippen molar-refractivity contribution < 1.29 is 0 Å². The van der Waals surface area contributed by atoms with Crippen molar-refractivity contribution in [1.29, 1.82) is 0 Å². The second-order valence-electron chi connectivity index (χ2n) is 8.49. The van der Waals surface area contributed by atoms with Crippen LogP contribution in [0.4, 0.5) is 0 Å². The topological polar surface area (TPSA) is 0 Å². The zero-order valence-corrected chi connectivity index (χ0v) is 18.6. The quantitative estimate of drug-likeness (QED) is 0.665. The van der Waals surface area contributed by atoms with Crippen LogP contribution in [0, 0.1) is 33.6 Å². The average Bonchev–Trinajstić information content (AvgIpc) is 2.87. The van der Waals surface area contributed by atoms with Gasteiger partial charge in [-0.25, -0.2) is 0 Å². The van der Waals surface area contributed by atoms with Crippen LogP contribution in [0.25, 0.3) is 0 Å². The Bertz CT molecular complexity index is 804. The predicted molar refractivity (Wildman–Crippen MR) is 118 cm³/mol. The second kappa shape index (κ2) is 7.40. The molecule has 0 bridgehead atoms. The van der Waals surface area contributed by atoms with E-state index in [1.54, 1.807) is 26.7 Å². The fourth-order valence-corrected chi connectivity index (χ4v) is 8.80. The van der Waals surface area contributed by atoms with Gasteiger partial charge in [0.1, 0.15) is 8.80 Å². The third-order valence-electron chi connectivity index (χ3n) is 5.44. The minimum atomic E-state index is -1.46. The van der Waals surface area contributed by atoms with Gasteiger partial charge in [0, 0.05) is 0 Å². The van der Waals surface area contributed by atoms with Crippen LogP contribution in [0.5, 0.6) is 0 Å². The van der Waals surface area contributed by atoms with Gasteiger partial charge in [-0.3, -0.25) is 0 Å². The van der Waals surface area contributed by atoms with Crippen LogP contribution in [-0.2, 0) is 0 Å². The second-order valence-corrected chi connectivity index (χ2v) is 11.3. The van der Waals surface area contributed by atoms with Gasteiger partial charge in [-0.2, -0.15) is 0 Å². The number of allylic oxidation sites excluding steroid dienone is 4. The van der Waals surface area contributed by atoms with Gasteiger partial charge in [-0.05, 0) is 52.5 Å². The zero-order valence-electron chi connectivity index (χ0n) is 17.4. The van der Waals surface area contributed by atoms with Gasteiger partial charge in [-0.1, -0.05) is 99.7 Å². The molecular formula is C25H32Si. The molecule has 1 aliphatic rings. The summed E-state index contributed by atoms with van der Waals surface area (Å²) in [5.41, 5.74) is 8.72. The highest BCUT2D eigenvalue weighted by Crippen LogP contribution is 2.33. The van der Waals surface area contributed by atoms with Gasteiger partial charge in [0.15, 0.2) is 0 Å². The Morgan fingerprint density at radius 3 is 1.50 bits per heavy atom. The number of hydrogen-bond donors (Lipinski definition) is 0. The lowest BCUT2D eigenvalue weighted by molar-refractivity contribution is 0.779. The maximum Gasteiger partial charge on any atom is 0.132 e. The summed E-state index contributed by atoms with van der Waals surface area (Å²) in [5.74, 6) is 0.593. The third-order valence-corrected chi connectivity index (χ3v) is 8.61. The molecule has 2 aromatic rings. The molecular weight excluding hydrogens is 328 g/mol. The van der Waals surface area contributed by atoms with Crippen molar-refractivity contribution in [2.75, 3.05) is 0 Å². The van der Waals surface area contributed by atoms with E-state index in [0.29, 0.717) is 5.92 Å². The van der Waals surface area contributed by atoms with Gasteiger partial charge >= 0.3 is 0 Å². The van der Waals surface area contributed by atoms with Crippen LogP contribution < -0.4 is 10.4 Å². The molecule has 0 N–H and O–H groups in total. The molecule has 0 aromatic heterocycles. The smallest absolute Gasteiger partial charge is 0.0804 e. The van der Waals surface area contributed by atoms with E-state index in [0.717, 1.165) is 6.42 Å². The lowest BCUT2D eigenvalue weighted by Crippen LogP contribution is -2.45. The Morgan fingerprint density at radius 2 is 1.12 bits per heavy atom. The molecule has 136 valence electrons. The van der Waals surface area contributed by atoms with Crippen molar-refractivity contribution in [3.63, 3.8) is 0 Å². The normalized spacial score (nSPS) is 14.6. The lowest BCUT2D eigenvalue weighted by Gasteiger charge is -2.25. The molecule has 26 heavy (non-hydrogen) atoms. The summed E-state index contributed by atoms with van der Waals surface area (Å²) in [5, 5.41) is 4.78. The van der Waals surface area contributed by atoms with E-state index in [1.807, 2.05) is 0 Å². The van der Waals surface area contributed by atoms with Gasteiger partial charge in [-0.15, -0.1) is 0 Å². The highest BCUT2D eigenvalue weighted by Gasteiger charge is 2.29. The van der Waals surface area contributed by atoms with E-state index in [2.05, 4.69) is 90.9 Å². The van der Waals surface area contributed by atoms with Crippen molar-refractivity contribution >= 4 is 19.2 Å². The largest absolute Gasteiger partial charge is 0.132 e. The molecule has 0 nitrogen and oxygen atoms in total. The standard InChI is InChI=1S/C25H32Si/c1-16(2)25-21(7)8-9-24(25)26(22-12-17(3)10-18(4)13-22)23-14-19(5)11-20(6)15-23/h9-16,26H,8H2,1-7H3. The van der Waals surface area contributed by atoms with E-state index in [1.165, 1.54) is 22.3 Å². The number of benzene rings is 2. The first-order chi connectivity index (χ1) is 12.3. The molecule has 0 radical (unpaired) electrons. The highest BCUT2D eigenvalue weighted by atomic mass is 28.3. The molecule has 0 spiro atoms. The molecule has 0 saturated carbocycles. The molecule has 0 amide bonds. The van der Waals surface area contributed by atoms with Gasteiger partial charge in [0.25, 0.3) is 0 Å². The maximum absolute atomic E-state index is 2.54. The zero-order chi connectivity index (χ0) is 19.0. The van der Waals surface area contributed by atoms with Crippen LogP contribution in [0.2, 0.25) is 0 Å². The fraction of sp³-hybridized carbons (Fsp3) is 0.360. The minimum absolute atomic E-state index is 0.593. The first-order valence-electron chi connectivity index (χ1n) is 9.82. The summed E-state index contributed by atoms with van der Waals surface area (Å²) in [4.78, 5) is 0. The van der Waals surface area contributed by atoms with Gasteiger partial charge < -0.3 is 0 Å². The minimum Gasteiger partial charge on any atom is -0.0804 e. The van der Waals surface area contributed by atoms with Crippen LogP contribution in [0.1, 0.15) is 49.4 Å². The van der Waals surface area contributed by atoms with E-state index in [9.17, 15) is 0 Å². The van der Waals surface area contributed by atoms with Crippen LogP contribution >= 0.6 is 0 Å². The molecule has 1 heteroatoms. The Balaban J connectivity index is 2.23. The highest BCUT2D eigenvalue weighted by molar-refractivity contribution is 6.91. The summed E-state index contributed by atoms with van der Waals surface area (Å²) < 4.78 is 0. The van der Waals surface area contributed by atoms with Crippen molar-refractivity contribution in [1.82, 2.24) is 0 Å². The molecule has 3 rings (SSSR count). The summed E-state index contributed by atoms with van der Waals surface area (Å²) >= 11 is 0. The molecule has 0 saturated heterocycles. The Labute approximate surface area is 161 Å². The number of rotatable bonds is 4. The molecule has 0 unspecified atom stereocenters. The van der Waals surface area contributed by atoms with E-state index in [4.69, 9.17) is 0 Å². The SMILES string of the molecule is CC1=C(C(C)C)C([SiH](c2cc(C)cc(C)c2)c2cc(C)cc(C)c2)=CC1. The fourth-order valence-electron chi connectivity index (χ4n) is 4.73. The molecule has 2 aromatic carbocycles. The van der Waals surface area contributed by atoms with E-state index >= 15 is 0 Å². The Kier molecular flexibility index (Phi) is 5.38.